The predicted molar refractivity (Wildman–Crippen MR) is 83.9 cm³/mol. The SMILES string of the molecule is Cc1cc(C(=O)Nc2ccccc2-n2cnnn2)sc1Br. The summed E-state index contributed by atoms with van der Waals surface area (Å²) in [6.45, 7) is 1.95. The number of tetrazole rings is 1. The maximum atomic E-state index is 12.3. The molecule has 2 aromatic heterocycles. The van der Waals surface area contributed by atoms with Gasteiger partial charge in [-0.2, -0.15) is 4.68 Å². The van der Waals surface area contributed by atoms with Crippen LogP contribution in [0, 0.1) is 6.92 Å². The molecule has 0 bridgehead atoms. The molecule has 2 heterocycles. The second-order valence-corrected chi connectivity index (χ2v) is 6.66. The number of thiophene rings is 1. The fraction of sp³-hybridized carbons (Fsp3) is 0.0769. The van der Waals surface area contributed by atoms with Crippen LogP contribution in [-0.2, 0) is 0 Å². The Balaban J connectivity index is 1.90. The maximum Gasteiger partial charge on any atom is 0.265 e. The van der Waals surface area contributed by atoms with Gasteiger partial charge in [-0.05, 0) is 57.0 Å². The van der Waals surface area contributed by atoms with Gasteiger partial charge in [0.1, 0.15) is 6.33 Å². The molecule has 0 aliphatic heterocycles. The second-order valence-electron chi connectivity index (χ2n) is 4.29. The number of hydrogen-bond donors (Lipinski definition) is 1. The first-order valence-corrected chi connectivity index (χ1v) is 7.66. The summed E-state index contributed by atoms with van der Waals surface area (Å²) in [5, 5.41) is 13.9. The Bertz CT molecular complexity index is 764. The zero-order valence-electron chi connectivity index (χ0n) is 10.9. The van der Waals surface area contributed by atoms with E-state index in [4.69, 9.17) is 0 Å². The zero-order chi connectivity index (χ0) is 14.8. The van der Waals surface area contributed by atoms with Crippen LogP contribution in [-0.4, -0.2) is 26.1 Å². The Morgan fingerprint density at radius 3 is 2.86 bits per heavy atom. The summed E-state index contributed by atoms with van der Waals surface area (Å²) in [6, 6.07) is 9.20. The minimum absolute atomic E-state index is 0.158. The number of rotatable bonds is 3. The lowest BCUT2D eigenvalue weighted by Gasteiger charge is -2.09. The molecule has 0 unspecified atom stereocenters. The molecule has 3 rings (SSSR count). The number of hydrogen-bond acceptors (Lipinski definition) is 5. The molecule has 0 aliphatic rings. The van der Waals surface area contributed by atoms with Gasteiger partial charge in [0.25, 0.3) is 5.91 Å². The summed E-state index contributed by atoms with van der Waals surface area (Å²) in [4.78, 5) is 13.0. The van der Waals surface area contributed by atoms with Crippen LogP contribution in [0.1, 0.15) is 15.2 Å². The van der Waals surface area contributed by atoms with Crippen molar-refractivity contribution in [2.24, 2.45) is 0 Å². The molecule has 1 N–H and O–H groups in total. The molecule has 0 spiro atoms. The Hall–Kier alpha value is -2.06. The molecule has 1 aromatic carbocycles. The third-order valence-electron chi connectivity index (χ3n) is 2.83. The average Bonchev–Trinajstić information content (AvgIpc) is 3.10. The van der Waals surface area contributed by atoms with Gasteiger partial charge in [0.15, 0.2) is 0 Å². The highest BCUT2D eigenvalue weighted by Gasteiger charge is 2.14. The summed E-state index contributed by atoms with van der Waals surface area (Å²) in [5.74, 6) is -0.158. The van der Waals surface area contributed by atoms with Crippen LogP contribution in [0.4, 0.5) is 5.69 Å². The third-order valence-corrected chi connectivity index (χ3v) is 4.96. The van der Waals surface area contributed by atoms with E-state index in [0.29, 0.717) is 16.3 Å². The van der Waals surface area contributed by atoms with Crippen LogP contribution in [0.3, 0.4) is 0 Å². The maximum absolute atomic E-state index is 12.3. The molecule has 1 amide bonds. The standard InChI is InChI=1S/C13H10BrN5OS/c1-8-6-11(21-12(8)14)13(20)16-9-4-2-3-5-10(9)19-7-15-17-18-19/h2-7H,1H3,(H,16,20). The number of nitrogens with zero attached hydrogens (tertiary/aromatic N) is 4. The molecule has 8 heteroatoms. The number of nitrogens with one attached hydrogen (secondary N) is 1. The van der Waals surface area contributed by atoms with Gasteiger partial charge in [-0.3, -0.25) is 4.79 Å². The van der Waals surface area contributed by atoms with Crippen LogP contribution in [0.5, 0.6) is 0 Å². The highest BCUT2D eigenvalue weighted by atomic mass is 79.9. The quantitative estimate of drug-likeness (QED) is 0.775. The number of anilines is 1. The molecule has 21 heavy (non-hydrogen) atoms. The lowest BCUT2D eigenvalue weighted by molar-refractivity contribution is 0.103. The molecular weight excluding hydrogens is 354 g/mol. The fourth-order valence-electron chi connectivity index (χ4n) is 1.81. The average molecular weight is 364 g/mol. The topological polar surface area (TPSA) is 72.7 Å². The number of amides is 1. The number of carbonyl (C=O) groups excluding carboxylic acids is 1. The van der Waals surface area contributed by atoms with E-state index in [-0.39, 0.29) is 5.91 Å². The number of carbonyl (C=O) groups is 1. The molecule has 6 nitrogen and oxygen atoms in total. The van der Waals surface area contributed by atoms with E-state index in [1.165, 1.54) is 22.3 Å². The summed E-state index contributed by atoms with van der Waals surface area (Å²) in [6.07, 6.45) is 1.48. The molecule has 0 radical (unpaired) electrons. The summed E-state index contributed by atoms with van der Waals surface area (Å²) < 4.78 is 2.46. The number of benzene rings is 1. The van der Waals surface area contributed by atoms with Gasteiger partial charge >= 0.3 is 0 Å². The van der Waals surface area contributed by atoms with Gasteiger partial charge in [0.05, 0.1) is 20.0 Å². The lowest BCUT2D eigenvalue weighted by atomic mass is 10.2. The highest BCUT2D eigenvalue weighted by Crippen LogP contribution is 2.28. The highest BCUT2D eigenvalue weighted by molar-refractivity contribution is 9.11. The van der Waals surface area contributed by atoms with Crippen molar-refractivity contribution in [3.8, 4) is 5.69 Å². The first-order valence-electron chi connectivity index (χ1n) is 6.05. The molecule has 0 fully saturated rings. The number of aryl methyl sites for hydroxylation is 1. The van der Waals surface area contributed by atoms with Gasteiger partial charge in [0.2, 0.25) is 0 Å². The first kappa shape index (κ1) is 13.9. The Kier molecular flexibility index (Phi) is 3.80. The summed E-state index contributed by atoms with van der Waals surface area (Å²) in [7, 11) is 0. The summed E-state index contributed by atoms with van der Waals surface area (Å²) in [5.41, 5.74) is 2.40. The van der Waals surface area contributed by atoms with E-state index >= 15 is 0 Å². The Morgan fingerprint density at radius 1 is 1.38 bits per heavy atom. The molecule has 0 saturated carbocycles. The van der Waals surface area contributed by atoms with E-state index in [9.17, 15) is 4.79 Å². The van der Waals surface area contributed by atoms with Gasteiger partial charge in [-0.1, -0.05) is 12.1 Å². The minimum atomic E-state index is -0.158. The van der Waals surface area contributed by atoms with Crippen molar-refractivity contribution in [3.63, 3.8) is 0 Å². The second kappa shape index (κ2) is 5.74. The lowest BCUT2D eigenvalue weighted by Crippen LogP contribution is -2.12. The van der Waals surface area contributed by atoms with Crippen molar-refractivity contribution in [2.45, 2.75) is 6.92 Å². The normalized spacial score (nSPS) is 10.6. The molecule has 0 aliphatic carbocycles. The van der Waals surface area contributed by atoms with Crippen LogP contribution < -0.4 is 5.32 Å². The van der Waals surface area contributed by atoms with Crippen LogP contribution in [0.15, 0.2) is 40.4 Å². The van der Waals surface area contributed by atoms with Crippen LogP contribution in [0.25, 0.3) is 5.69 Å². The van der Waals surface area contributed by atoms with E-state index in [1.807, 2.05) is 37.3 Å². The van der Waals surface area contributed by atoms with Crippen LogP contribution in [0.2, 0.25) is 0 Å². The fourth-order valence-corrected chi connectivity index (χ4v) is 3.24. The minimum Gasteiger partial charge on any atom is -0.319 e. The molecule has 106 valence electrons. The van der Waals surface area contributed by atoms with Gasteiger partial charge in [-0.25, -0.2) is 0 Å². The number of para-hydroxylation sites is 2. The molecule has 3 aromatic rings. The van der Waals surface area contributed by atoms with Crippen molar-refractivity contribution in [2.75, 3.05) is 5.32 Å². The van der Waals surface area contributed by atoms with Gasteiger partial charge < -0.3 is 5.32 Å². The summed E-state index contributed by atoms with van der Waals surface area (Å²) >= 11 is 4.83. The predicted octanol–water partition coefficient (Wildman–Crippen LogP) is 3.05. The largest absolute Gasteiger partial charge is 0.319 e. The number of aromatic nitrogens is 4. The molecule has 0 atom stereocenters. The van der Waals surface area contributed by atoms with E-state index < -0.39 is 0 Å². The third kappa shape index (κ3) is 2.86. The van der Waals surface area contributed by atoms with Gasteiger partial charge in [0, 0.05) is 0 Å². The Labute approximate surface area is 132 Å². The van der Waals surface area contributed by atoms with E-state index in [2.05, 4.69) is 36.8 Å². The smallest absolute Gasteiger partial charge is 0.265 e. The van der Waals surface area contributed by atoms with Crippen molar-refractivity contribution in [3.05, 3.63) is 50.9 Å². The van der Waals surface area contributed by atoms with Crippen LogP contribution >= 0.6 is 27.3 Å². The van der Waals surface area contributed by atoms with Gasteiger partial charge in [-0.15, -0.1) is 16.4 Å². The first-order chi connectivity index (χ1) is 10.1. The van der Waals surface area contributed by atoms with Crippen molar-refractivity contribution < 1.29 is 4.79 Å². The van der Waals surface area contributed by atoms with Crippen molar-refractivity contribution in [1.82, 2.24) is 20.2 Å². The van der Waals surface area contributed by atoms with E-state index in [1.54, 1.807) is 0 Å². The molecular formula is C13H10BrN5OS. The number of halogens is 1. The zero-order valence-corrected chi connectivity index (χ0v) is 13.3. The van der Waals surface area contributed by atoms with Crippen molar-refractivity contribution in [1.29, 1.82) is 0 Å². The molecule has 0 saturated heterocycles. The van der Waals surface area contributed by atoms with E-state index in [0.717, 1.165) is 9.35 Å². The Morgan fingerprint density at radius 2 is 2.19 bits per heavy atom. The monoisotopic (exact) mass is 363 g/mol. The van der Waals surface area contributed by atoms with Crippen molar-refractivity contribution >= 4 is 38.9 Å².